The zero-order valence-electron chi connectivity index (χ0n) is 11.7. The van der Waals surface area contributed by atoms with Crippen molar-refractivity contribution < 1.29 is 19.5 Å². The summed E-state index contributed by atoms with van der Waals surface area (Å²) in [5, 5.41) is 20.5. The molecule has 104 valence electrons. The van der Waals surface area contributed by atoms with Crippen LogP contribution < -0.4 is 0 Å². The summed E-state index contributed by atoms with van der Waals surface area (Å²) < 4.78 is 18.2. The van der Waals surface area contributed by atoms with Gasteiger partial charge in [-0.1, -0.05) is 13.8 Å². The van der Waals surface area contributed by atoms with E-state index >= 15 is 0 Å². The van der Waals surface area contributed by atoms with E-state index in [0.717, 1.165) is 6.42 Å². The van der Waals surface area contributed by atoms with Gasteiger partial charge in [0.2, 0.25) is 0 Å². The molecule has 2 rings (SSSR count). The number of fused-ring (bicyclic) bond motifs is 1. The molecule has 2 aliphatic rings. The number of aliphatic hydroxyl groups excluding tert-OH is 1. The first-order valence-corrected chi connectivity index (χ1v) is 9.11. The molecular weight excluding hydrogens is 250 g/mol. The monoisotopic (exact) mass is 274 g/mol. The molecule has 0 unspecified atom stereocenters. The molecule has 2 fully saturated rings. The average Bonchev–Trinajstić information content (AvgIpc) is 3.06. The Morgan fingerprint density at radius 2 is 2.00 bits per heavy atom. The van der Waals surface area contributed by atoms with Crippen LogP contribution in [-0.2, 0) is 9.30 Å². The topological polar surface area (TPSA) is 66.8 Å². The minimum absolute atomic E-state index is 0.0233. The van der Waals surface area contributed by atoms with Gasteiger partial charge in [0.15, 0.2) is 0 Å². The summed E-state index contributed by atoms with van der Waals surface area (Å²) in [4.78, 5) is 0. The Morgan fingerprint density at radius 3 is 2.39 bits per heavy atom. The van der Waals surface area contributed by atoms with Gasteiger partial charge in [-0.3, -0.25) is 0 Å². The average molecular weight is 274 g/mol. The number of hydrogen-bond donors (Lipinski definition) is 2. The van der Waals surface area contributed by atoms with Crippen molar-refractivity contribution in [3.63, 3.8) is 0 Å². The van der Waals surface area contributed by atoms with Gasteiger partial charge < -0.3 is 19.5 Å². The van der Waals surface area contributed by atoms with E-state index < -0.39 is 24.4 Å². The van der Waals surface area contributed by atoms with Gasteiger partial charge in [-0.15, -0.1) is 0 Å². The highest BCUT2D eigenvalue weighted by atomic mass is 31.2. The minimum atomic E-state index is -2.25. The van der Waals surface area contributed by atoms with Crippen LogP contribution in [0, 0.1) is 5.92 Å². The molecule has 0 amide bonds. The van der Waals surface area contributed by atoms with Gasteiger partial charge in [-0.2, -0.15) is 0 Å². The molecule has 0 heterocycles. The molecule has 0 bridgehead atoms. The van der Waals surface area contributed by atoms with Crippen molar-refractivity contribution in [3.8, 4) is 0 Å². The lowest BCUT2D eigenvalue weighted by atomic mass is 9.73. The highest BCUT2D eigenvalue weighted by Crippen LogP contribution is 2.67. The molecule has 0 spiro atoms. The lowest BCUT2D eigenvalue weighted by Crippen LogP contribution is -2.46. The third kappa shape index (κ3) is 1.91. The van der Waals surface area contributed by atoms with Crippen LogP contribution in [0.15, 0.2) is 0 Å². The first-order valence-electron chi connectivity index (χ1n) is 6.85. The molecule has 6 heteroatoms. The summed E-state index contributed by atoms with van der Waals surface area (Å²) >= 11 is 0. The molecule has 0 aromatic carbocycles. The number of ether oxygens (including phenoxy) is 1. The molecule has 0 aromatic rings. The van der Waals surface area contributed by atoms with Crippen LogP contribution in [0.5, 0.6) is 0 Å². The maximum atomic E-state index is 12.3. The van der Waals surface area contributed by atoms with Gasteiger partial charge >= 0.3 is 0 Å². The molecule has 0 saturated heterocycles. The molecule has 2 saturated carbocycles. The van der Waals surface area contributed by atoms with Crippen LogP contribution in [0.25, 0.3) is 0 Å². The Bertz CT molecular complexity index is 378. The first-order chi connectivity index (χ1) is 8.23. The predicted molar refractivity (Wildman–Crippen MR) is 74.4 cm³/mol. The molecule has 2 aliphatic carbocycles. The molecular formula is C12H24BO4P. The van der Waals surface area contributed by atoms with Crippen LogP contribution >= 0.6 is 7.14 Å². The van der Waals surface area contributed by atoms with E-state index in [-0.39, 0.29) is 18.1 Å². The maximum absolute atomic E-state index is 12.3. The second-order valence-electron chi connectivity index (χ2n) is 6.15. The van der Waals surface area contributed by atoms with E-state index in [2.05, 4.69) is 0 Å². The Morgan fingerprint density at radius 1 is 1.44 bits per heavy atom. The molecule has 18 heavy (non-hydrogen) atoms. The third-order valence-electron chi connectivity index (χ3n) is 5.27. The smallest absolute Gasteiger partial charge is 0.112 e. The zero-order chi connectivity index (χ0) is 13.8. The van der Waals surface area contributed by atoms with Gasteiger partial charge in [0.05, 0.1) is 5.60 Å². The van der Waals surface area contributed by atoms with Crippen molar-refractivity contribution in [1.29, 1.82) is 0 Å². The van der Waals surface area contributed by atoms with Crippen LogP contribution in [-0.4, -0.2) is 54.0 Å². The normalized spacial score (nSPS) is 47.1. The highest BCUT2D eigenvalue weighted by Gasteiger charge is 2.74. The number of rotatable bonds is 5. The van der Waals surface area contributed by atoms with Gasteiger partial charge in [0, 0.05) is 12.3 Å². The molecule has 0 aliphatic heterocycles. The summed E-state index contributed by atoms with van der Waals surface area (Å²) in [5.41, 5.74) is -1.73. The summed E-state index contributed by atoms with van der Waals surface area (Å²) in [6, 6.07) is 0. The van der Waals surface area contributed by atoms with Gasteiger partial charge in [0.25, 0.3) is 0 Å². The van der Waals surface area contributed by atoms with Crippen molar-refractivity contribution in [1.82, 2.24) is 0 Å². The van der Waals surface area contributed by atoms with Crippen LogP contribution in [0.1, 0.15) is 27.2 Å². The highest BCUT2D eigenvalue weighted by molar-refractivity contribution is 7.63. The molecule has 5 atom stereocenters. The Hall–Kier alpha value is 0.175. The summed E-state index contributed by atoms with van der Waals surface area (Å²) in [6.45, 7) is 5.50. The van der Waals surface area contributed by atoms with Gasteiger partial charge in [-0.05, 0) is 25.1 Å². The molecule has 0 radical (unpaired) electrons. The SMILES string of the molecule is B[C@@H]1[C@H]2C[C@@]2(OCP(=O)(CC)CC)[C@@H](O)[C@@]1(C)O. The second kappa shape index (κ2) is 4.34. The third-order valence-corrected chi connectivity index (χ3v) is 8.17. The van der Waals surface area contributed by atoms with Crippen LogP contribution in [0.2, 0.25) is 5.82 Å². The Kier molecular flexibility index (Phi) is 3.52. The van der Waals surface area contributed by atoms with Crippen molar-refractivity contribution in [2.24, 2.45) is 5.92 Å². The Labute approximate surface area is 110 Å². The van der Waals surface area contributed by atoms with E-state index in [1.807, 2.05) is 21.7 Å². The van der Waals surface area contributed by atoms with Crippen LogP contribution in [0.4, 0.5) is 0 Å². The summed E-state index contributed by atoms with van der Waals surface area (Å²) in [6.07, 6.45) is 1.40. The van der Waals surface area contributed by atoms with E-state index in [1.165, 1.54) is 0 Å². The zero-order valence-corrected chi connectivity index (χ0v) is 12.6. The molecule has 4 nitrogen and oxygen atoms in total. The van der Waals surface area contributed by atoms with Crippen LogP contribution in [0.3, 0.4) is 0 Å². The van der Waals surface area contributed by atoms with Crippen molar-refractivity contribution >= 4 is 15.0 Å². The first kappa shape index (κ1) is 14.6. The fourth-order valence-electron chi connectivity index (χ4n) is 3.24. The fourth-order valence-corrected chi connectivity index (χ4v) is 4.53. The van der Waals surface area contributed by atoms with Crippen molar-refractivity contribution in [3.05, 3.63) is 0 Å². The second-order valence-corrected chi connectivity index (χ2v) is 9.79. The summed E-state index contributed by atoms with van der Waals surface area (Å²) in [7, 11) is -0.303. The largest absolute Gasteiger partial charge is 0.388 e. The van der Waals surface area contributed by atoms with Crippen molar-refractivity contribution in [2.45, 2.75) is 50.3 Å². The minimum Gasteiger partial charge on any atom is -0.388 e. The van der Waals surface area contributed by atoms with E-state index in [4.69, 9.17) is 4.74 Å². The molecule has 2 N–H and O–H groups in total. The number of aliphatic hydroxyl groups is 2. The quantitative estimate of drug-likeness (QED) is 0.571. The van der Waals surface area contributed by atoms with E-state index in [9.17, 15) is 14.8 Å². The predicted octanol–water partition coefficient (Wildman–Crippen LogP) is 0.669. The van der Waals surface area contributed by atoms with Gasteiger partial charge in [0.1, 0.15) is 33.0 Å². The maximum Gasteiger partial charge on any atom is 0.112 e. The van der Waals surface area contributed by atoms with E-state index in [1.54, 1.807) is 6.92 Å². The van der Waals surface area contributed by atoms with Gasteiger partial charge in [-0.25, -0.2) is 0 Å². The lowest BCUT2D eigenvalue weighted by Gasteiger charge is -2.32. The molecule has 0 aromatic heterocycles. The van der Waals surface area contributed by atoms with Crippen molar-refractivity contribution in [2.75, 3.05) is 18.7 Å². The Balaban J connectivity index is 2.07. The fraction of sp³-hybridized carbons (Fsp3) is 1.00. The number of hydrogen-bond acceptors (Lipinski definition) is 4. The summed E-state index contributed by atoms with van der Waals surface area (Å²) in [5.74, 6) is 0.222. The van der Waals surface area contributed by atoms with E-state index in [0.29, 0.717) is 12.3 Å². The standard InChI is InChI=1S/C12H24BO4P/c1-4-18(16,5-2)7-17-12-6-8(12)9(13)11(3,15)10(12)14/h8-10,14-15H,4-7,13H2,1-3H3/t8-,9-,10+,11+,12+/m1/s1. The lowest BCUT2D eigenvalue weighted by molar-refractivity contribution is -0.115.